The fourth-order valence-corrected chi connectivity index (χ4v) is 7.37. The molecule has 2 aromatic carbocycles. The predicted octanol–water partition coefficient (Wildman–Crippen LogP) is 8.58. The Morgan fingerprint density at radius 2 is 1.15 bits per heavy atom. The number of aromatic nitrogens is 6. The van der Waals surface area contributed by atoms with Crippen molar-refractivity contribution in [3.63, 3.8) is 0 Å². The Balaban J connectivity index is 0.000000172. The maximum Gasteiger partial charge on any atom is 0.335 e. The van der Waals surface area contributed by atoms with E-state index in [2.05, 4.69) is 35.2 Å². The van der Waals surface area contributed by atoms with Gasteiger partial charge in [0.15, 0.2) is 0 Å². The second-order valence-electron chi connectivity index (χ2n) is 14.5. The lowest BCUT2D eigenvalue weighted by molar-refractivity contribution is 0.0696. The second kappa shape index (κ2) is 19.5. The van der Waals surface area contributed by atoms with Crippen molar-refractivity contribution in [2.45, 2.75) is 53.6 Å². The number of hydrogen-bond acceptors (Lipinski definition) is 9. The molecule has 6 heterocycles. The van der Waals surface area contributed by atoms with E-state index in [1.807, 2.05) is 82.3 Å². The Morgan fingerprint density at radius 3 is 1.62 bits per heavy atom. The van der Waals surface area contributed by atoms with Crippen molar-refractivity contribution in [3.8, 4) is 0 Å². The van der Waals surface area contributed by atoms with Crippen LogP contribution in [-0.4, -0.2) is 46.9 Å². The molecule has 8 aromatic rings. The highest BCUT2D eigenvalue weighted by Gasteiger charge is 2.12. The molecule has 0 spiro atoms. The number of hydrogen-bond donors (Lipinski definition) is 7. The largest absolute Gasteiger partial charge is 0.478 e. The van der Waals surface area contributed by atoms with Crippen LogP contribution in [0.5, 0.6) is 0 Å². The van der Waals surface area contributed by atoms with Gasteiger partial charge in [-0.25, -0.2) is 14.8 Å². The van der Waals surface area contributed by atoms with Gasteiger partial charge in [-0.3, -0.25) is 14.8 Å². The Hall–Kier alpha value is -6.80. The number of pyridine rings is 4. The molecule has 0 saturated carbocycles. The van der Waals surface area contributed by atoms with Gasteiger partial charge in [-0.05, 0) is 122 Å². The van der Waals surface area contributed by atoms with E-state index < -0.39 is 5.97 Å². The molecular formula is C46H46Cl2N10O3. The third-order valence-electron chi connectivity index (χ3n) is 10.1. The van der Waals surface area contributed by atoms with Gasteiger partial charge >= 0.3 is 5.97 Å². The van der Waals surface area contributed by atoms with E-state index in [9.17, 15) is 9.59 Å². The number of nitrogens with two attached hydrogens (primary N) is 3. The molecule has 61 heavy (non-hydrogen) atoms. The number of aryl methyl sites for hydroxylation is 4. The molecule has 0 aliphatic carbocycles. The third kappa shape index (κ3) is 11.1. The van der Waals surface area contributed by atoms with E-state index in [4.69, 9.17) is 45.5 Å². The van der Waals surface area contributed by atoms with Crippen LogP contribution >= 0.6 is 23.2 Å². The number of nitrogens with one attached hydrogen (secondary N) is 3. The average Bonchev–Trinajstić information content (AvgIpc) is 3.78. The summed E-state index contributed by atoms with van der Waals surface area (Å²) >= 11 is 12.3. The maximum atomic E-state index is 12.7. The summed E-state index contributed by atoms with van der Waals surface area (Å²) in [6.45, 7) is 8.70. The minimum absolute atomic E-state index is 0.154. The Kier molecular flexibility index (Phi) is 14.0. The summed E-state index contributed by atoms with van der Waals surface area (Å²) in [5, 5.41) is 15.2. The number of anilines is 2. The van der Waals surface area contributed by atoms with Crippen molar-refractivity contribution in [3.05, 3.63) is 175 Å². The zero-order chi connectivity index (χ0) is 43.8. The topological polar surface area (TPSA) is 228 Å². The van der Waals surface area contributed by atoms with Crippen LogP contribution in [0.3, 0.4) is 0 Å². The summed E-state index contributed by atoms with van der Waals surface area (Å²) in [7, 11) is 0. The zero-order valence-corrected chi connectivity index (χ0v) is 35.6. The average molecular weight is 858 g/mol. The number of benzene rings is 2. The number of carbonyl (C=O) groups excluding carboxylic acids is 1. The van der Waals surface area contributed by atoms with Gasteiger partial charge in [-0.15, -0.1) is 0 Å². The van der Waals surface area contributed by atoms with Crippen molar-refractivity contribution in [1.29, 1.82) is 0 Å². The lowest BCUT2D eigenvalue weighted by Gasteiger charge is -2.12. The van der Waals surface area contributed by atoms with Gasteiger partial charge in [0, 0.05) is 101 Å². The highest BCUT2D eigenvalue weighted by Crippen LogP contribution is 2.26. The van der Waals surface area contributed by atoms with E-state index in [0.29, 0.717) is 53.2 Å². The zero-order valence-electron chi connectivity index (χ0n) is 34.1. The lowest BCUT2D eigenvalue weighted by Crippen LogP contribution is -2.24. The van der Waals surface area contributed by atoms with Crippen molar-refractivity contribution in [2.75, 3.05) is 11.5 Å². The van der Waals surface area contributed by atoms with Crippen LogP contribution < -0.4 is 22.5 Å². The summed E-state index contributed by atoms with van der Waals surface area (Å²) in [4.78, 5) is 46.8. The smallest absolute Gasteiger partial charge is 0.335 e. The number of halogens is 2. The van der Waals surface area contributed by atoms with E-state index in [-0.39, 0.29) is 11.5 Å². The molecule has 0 unspecified atom stereocenters. The monoisotopic (exact) mass is 856 g/mol. The normalized spacial score (nSPS) is 10.8. The van der Waals surface area contributed by atoms with Crippen LogP contribution in [0.4, 0.5) is 11.6 Å². The van der Waals surface area contributed by atoms with Gasteiger partial charge in [-0.1, -0.05) is 35.3 Å². The predicted molar refractivity (Wildman–Crippen MR) is 243 cm³/mol. The highest BCUT2D eigenvalue weighted by molar-refractivity contribution is 6.36. The molecule has 0 radical (unpaired) electrons. The highest BCUT2D eigenvalue weighted by atomic mass is 35.5. The summed E-state index contributed by atoms with van der Waals surface area (Å²) in [5.41, 5.74) is 29.2. The minimum Gasteiger partial charge on any atom is -0.478 e. The van der Waals surface area contributed by atoms with Gasteiger partial charge in [0.05, 0.1) is 15.6 Å². The second-order valence-corrected chi connectivity index (χ2v) is 15.3. The van der Waals surface area contributed by atoms with Gasteiger partial charge < -0.3 is 37.6 Å². The number of aromatic carboxylic acids is 1. The molecule has 0 saturated heterocycles. The first-order valence-corrected chi connectivity index (χ1v) is 20.0. The first-order valence-electron chi connectivity index (χ1n) is 19.3. The van der Waals surface area contributed by atoms with Crippen LogP contribution in [0, 0.1) is 27.7 Å². The van der Waals surface area contributed by atoms with E-state index >= 15 is 0 Å². The number of amides is 1. The number of rotatable bonds is 9. The van der Waals surface area contributed by atoms with Crippen molar-refractivity contribution in [1.82, 2.24) is 35.2 Å². The summed E-state index contributed by atoms with van der Waals surface area (Å²) in [6.07, 6.45) is 7.88. The number of aromatic amines is 2. The Morgan fingerprint density at radius 1 is 0.672 bits per heavy atom. The van der Waals surface area contributed by atoms with Crippen LogP contribution in [0.25, 0.3) is 21.8 Å². The van der Waals surface area contributed by atoms with E-state index in [0.717, 1.165) is 78.0 Å². The number of nitrogen functional groups attached to an aromatic ring is 2. The Bertz CT molecular complexity index is 2830. The Labute approximate surface area is 362 Å². The van der Waals surface area contributed by atoms with Crippen LogP contribution in [-0.2, 0) is 25.9 Å². The molecular weight excluding hydrogens is 811 g/mol. The summed E-state index contributed by atoms with van der Waals surface area (Å²) in [6, 6.07) is 22.3. The number of carbonyl (C=O) groups is 2. The molecule has 0 aliphatic rings. The molecule has 13 nitrogen and oxygen atoms in total. The molecule has 15 heteroatoms. The van der Waals surface area contributed by atoms with Gasteiger partial charge in [-0.2, -0.15) is 0 Å². The molecule has 0 fully saturated rings. The van der Waals surface area contributed by atoms with Crippen molar-refractivity contribution < 1.29 is 14.7 Å². The quantitative estimate of drug-likeness (QED) is 0.0731. The van der Waals surface area contributed by atoms with Crippen molar-refractivity contribution >= 4 is 68.5 Å². The van der Waals surface area contributed by atoms with Crippen molar-refractivity contribution in [2.24, 2.45) is 5.73 Å². The number of H-pyrrole nitrogens is 2. The van der Waals surface area contributed by atoms with Crippen LogP contribution in [0.2, 0.25) is 10.0 Å². The molecule has 10 N–H and O–H groups in total. The van der Waals surface area contributed by atoms with Gasteiger partial charge in [0.1, 0.15) is 11.6 Å². The van der Waals surface area contributed by atoms with E-state index in [1.54, 1.807) is 30.7 Å². The summed E-state index contributed by atoms with van der Waals surface area (Å²) < 4.78 is 0. The SMILES string of the molecule is Cc1cc(N)nc(C)c1CN.Cc1cc(N)nc(C)c1CNC(=O)c1ccnc(Cc2ccc3[nH]cc(Cl)c3c2)c1.O=C(O)c1ccnc(Cc2ccc3[nH]cc(Cl)c3c2)c1. The third-order valence-corrected chi connectivity index (χ3v) is 10.7. The standard InChI is InChI=1S/C23H22ClN5O.C15H11ClN2O2.C8H13N3/c1-13-7-22(25)29-14(2)19(13)11-28-23(30)16-5-6-26-17(10-16)8-15-3-4-21-18(9-15)20(24)12-27-21;16-13-8-18-14-2-1-9(6-12(13)14)5-11-7-10(15(19)20)3-4-17-11;1-5-3-8(10)11-6(2)7(5)4-9/h3-7,9-10,12,27H,8,11H2,1-2H3,(H2,25,29)(H,28,30);1-4,6-8,18H,5H2,(H,19,20);3H,4,9H2,1-2H3,(H2,10,11). The van der Waals surface area contributed by atoms with Gasteiger partial charge in [0.25, 0.3) is 5.91 Å². The molecule has 1 amide bonds. The molecule has 0 aliphatic heterocycles. The van der Waals surface area contributed by atoms with Crippen LogP contribution in [0.15, 0.2) is 97.6 Å². The number of fused-ring (bicyclic) bond motifs is 2. The minimum atomic E-state index is -0.946. The maximum absolute atomic E-state index is 12.7. The van der Waals surface area contributed by atoms with Gasteiger partial charge in [0.2, 0.25) is 0 Å². The fraction of sp³-hybridized carbons (Fsp3) is 0.174. The number of nitrogens with zero attached hydrogens (tertiary/aromatic N) is 4. The molecule has 0 atom stereocenters. The summed E-state index contributed by atoms with van der Waals surface area (Å²) in [5.74, 6) is -0.0497. The first kappa shape index (κ1) is 43.8. The lowest BCUT2D eigenvalue weighted by atomic mass is 10.1. The molecule has 0 bridgehead atoms. The molecule has 8 rings (SSSR count). The number of carboxylic acid groups (broad SMARTS) is 1. The number of carboxylic acids is 1. The van der Waals surface area contributed by atoms with Crippen LogP contribution in [0.1, 0.15) is 76.9 Å². The first-order chi connectivity index (χ1) is 29.2. The van der Waals surface area contributed by atoms with E-state index in [1.165, 1.54) is 12.3 Å². The molecule has 312 valence electrons. The molecule has 6 aromatic heterocycles. The fourth-order valence-electron chi connectivity index (χ4n) is 6.95.